The maximum Gasteiger partial charge on any atom is 0.416 e. The van der Waals surface area contributed by atoms with Gasteiger partial charge in [-0.25, -0.2) is 4.98 Å². The minimum absolute atomic E-state index is 0.0979. The predicted molar refractivity (Wildman–Crippen MR) is 131 cm³/mol. The topological polar surface area (TPSA) is 86.9 Å². The van der Waals surface area contributed by atoms with Crippen molar-refractivity contribution in [2.45, 2.75) is 35.2 Å². The van der Waals surface area contributed by atoms with Gasteiger partial charge in [0.25, 0.3) is 0 Å². The van der Waals surface area contributed by atoms with Gasteiger partial charge < -0.3 is 15.6 Å². The molecule has 2 heterocycles. The molecule has 2 unspecified atom stereocenters. The SMILES string of the molecule is O=C(CC1Sc2ccc(C(F)(F)F)cc2NC1=O)NC(Cc1ccccc1)c1nc2ccccc2[nH]1. The summed E-state index contributed by atoms with van der Waals surface area (Å²) in [4.78, 5) is 34.0. The maximum atomic E-state index is 13.0. The number of imidazole rings is 1. The summed E-state index contributed by atoms with van der Waals surface area (Å²) in [7, 11) is 0. The minimum atomic E-state index is -4.51. The zero-order valence-electron chi connectivity index (χ0n) is 18.8. The van der Waals surface area contributed by atoms with Crippen molar-refractivity contribution < 1.29 is 22.8 Å². The van der Waals surface area contributed by atoms with Crippen molar-refractivity contribution in [2.75, 3.05) is 5.32 Å². The molecule has 0 saturated carbocycles. The third-order valence-electron chi connectivity index (χ3n) is 5.85. The van der Waals surface area contributed by atoms with Crippen LogP contribution in [0.5, 0.6) is 0 Å². The van der Waals surface area contributed by atoms with Crippen LogP contribution < -0.4 is 10.6 Å². The number of rotatable bonds is 6. The molecular formula is C26H21F3N4O2S. The minimum Gasteiger partial charge on any atom is -0.346 e. The number of aromatic amines is 1. The first kappa shape index (κ1) is 23.9. The number of nitrogens with zero attached hydrogens (tertiary/aromatic N) is 1. The van der Waals surface area contributed by atoms with E-state index < -0.39 is 28.9 Å². The Labute approximate surface area is 208 Å². The monoisotopic (exact) mass is 510 g/mol. The van der Waals surface area contributed by atoms with Crippen LogP contribution in [-0.4, -0.2) is 27.0 Å². The number of amides is 2. The van der Waals surface area contributed by atoms with Gasteiger partial charge in [0.2, 0.25) is 11.8 Å². The molecule has 1 aromatic heterocycles. The Morgan fingerprint density at radius 3 is 2.56 bits per heavy atom. The van der Waals surface area contributed by atoms with Crippen LogP contribution in [0.25, 0.3) is 11.0 Å². The number of alkyl halides is 3. The molecule has 2 amide bonds. The Morgan fingerprint density at radius 2 is 1.81 bits per heavy atom. The molecule has 5 rings (SSSR count). The number of aromatic nitrogens is 2. The molecule has 4 aromatic rings. The molecular weight excluding hydrogens is 489 g/mol. The van der Waals surface area contributed by atoms with Gasteiger partial charge in [-0.05, 0) is 42.3 Å². The van der Waals surface area contributed by atoms with Crippen molar-refractivity contribution in [1.29, 1.82) is 0 Å². The quantitative estimate of drug-likeness (QED) is 0.320. The van der Waals surface area contributed by atoms with Gasteiger partial charge in [-0.2, -0.15) is 13.2 Å². The molecule has 3 N–H and O–H groups in total. The van der Waals surface area contributed by atoms with Gasteiger partial charge in [0.05, 0.1) is 33.6 Å². The number of benzene rings is 3. The fraction of sp³-hybridized carbons (Fsp3) is 0.192. The molecule has 3 aromatic carbocycles. The zero-order valence-corrected chi connectivity index (χ0v) is 19.6. The lowest BCUT2D eigenvalue weighted by Gasteiger charge is -2.25. The van der Waals surface area contributed by atoms with Crippen molar-refractivity contribution >= 4 is 40.3 Å². The Balaban J connectivity index is 1.32. The van der Waals surface area contributed by atoms with E-state index in [-0.39, 0.29) is 18.0 Å². The number of hydrogen-bond acceptors (Lipinski definition) is 4. The second-order valence-corrected chi connectivity index (χ2v) is 9.70. The van der Waals surface area contributed by atoms with Crippen LogP contribution in [0.15, 0.2) is 77.7 Å². The predicted octanol–water partition coefficient (Wildman–Crippen LogP) is 5.48. The summed E-state index contributed by atoms with van der Waals surface area (Å²) in [5.41, 5.74) is 1.88. The van der Waals surface area contributed by atoms with E-state index in [0.717, 1.165) is 40.5 Å². The van der Waals surface area contributed by atoms with Crippen molar-refractivity contribution in [3.05, 3.63) is 89.7 Å². The summed E-state index contributed by atoms with van der Waals surface area (Å²) in [5.74, 6) is -0.274. The van der Waals surface area contributed by atoms with Gasteiger partial charge >= 0.3 is 6.18 Å². The smallest absolute Gasteiger partial charge is 0.346 e. The normalized spacial score (nSPS) is 16.3. The first-order valence-electron chi connectivity index (χ1n) is 11.2. The van der Waals surface area contributed by atoms with Crippen molar-refractivity contribution in [1.82, 2.24) is 15.3 Å². The fourth-order valence-electron chi connectivity index (χ4n) is 4.09. The van der Waals surface area contributed by atoms with E-state index in [0.29, 0.717) is 17.1 Å². The maximum absolute atomic E-state index is 13.0. The summed E-state index contributed by atoms with van der Waals surface area (Å²) in [6.07, 6.45) is -4.16. The average molecular weight is 511 g/mol. The Bertz CT molecular complexity index is 1390. The van der Waals surface area contributed by atoms with E-state index in [9.17, 15) is 22.8 Å². The number of carbonyl (C=O) groups is 2. The number of H-pyrrole nitrogens is 1. The Hall–Kier alpha value is -3.79. The van der Waals surface area contributed by atoms with E-state index in [4.69, 9.17) is 0 Å². The molecule has 0 aliphatic carbocycles. The van der Waals surface area contributed by atoms with Gasteiger partial charge in [-0.1, -0.05) is 42.5 Å². The summed E-state index contributed by atoms with van der Waals surface area (Å²) < 4.78 is 39.0. The highest BCUT2D eigenvalue weighted by atomic mass is 32.2. The van der Waals surface area contributed by atoms with Crippen LogP contribution in [0.3, 0.4) is 0 Å². The first-order valence-corrected chi connectivity index (χ1v) is 12.1. The van der Waals surface area contributed by atoms with Crippen LogP contribution in [-0.2, 0) is 22.2 Å². The lowest BCUT2D eigenvalue weighted by atomic mass is 10.0. The Morgan fingerprint density at radius 1 is 1.06 bits per heavy atom. The number of nitrogens with one attached hydrogen (secondary N) is 3. The van der Waals surface area contributed by atoms with Crippen molar-refractivity contribution in [3.8, 4) is 0 Å². The van der Waals surface area contributed by atoms with Crippen LogP contribution in [0.1, 0.15) is 29.4 Å². The lowest BCUT2D eigenvalue weighted by Crippen LogP contribution is -2.37. The number of hydrogen-bond donors (Lipinski definition) is 3. The molecule has 0 fully saturated rings. The number of para-hydroxylation sites is 2. The first-order chi connectivity index (χ1) is 17.3. The molecule has 0 bridgehead atoms. The van der Waals surface area contributed by atoms with Crippen LogP contribution in [0.2, 0.25) is 0 Å². The summed E-state index contributed by atoms with van der Waals surface area (Å²) in [5, 5.41) is 4.73. The average Bonchev–Trinajstić information content (AvgIpc) is 3.28. The number of thioether (sulfide) groups is 1. The highest BCUT2D eigenvalue weighted by molar-refractivity contribution is 8.01. The molecule has 1 aliphatic heterocycles. The van der Waals surface area contributed by atoms with E-state index in [1.54, 1.807) is 0 Å². The van der Waals surface area contributed by atoms with Gasteiger partial charge in [0, 0.05) is 11.3 Å². The van der Waals surface area contributed by atoms with Crippen LogP contribution in [0.4, 0.5) is 18.9 Å². The Kier molecular flexibility index (Phi) is 6.44. The van der Waals surface area contributed by atoms with E-state index >= 15 is 0 Å². The van der Waals surface area contributed by atoms with Gasteiger partial charge in [-0.3, -0.25) is 9.59 Å². The van der Waals surface area contributed by atoms with E-state index in [1.807, 2.05) is 54.6 Å². The molecule has 2 atom stereocenters. The number of fused-ring (bicyclic) bond motifs is 2. The molecule has 36 heavy (non-hydrogen) atoms. The molecule has 184 valence electrons. The van der Waals surface area contributed by atoms with Gasteiger partial charge in [0.1, 0.15) is 5.82 Å². The molecule has 10 heteroatoms. The molecule has 1 aliphatic rings. The largest absolute Gasteiger partial charge is 0.416 e. The molecule has 0 radical (unpaired) electrons. The molecule has 0 saturated heterocycles. The molecule has 0 spiro atoms. The summed E-state index contributed by atoms with van der Waals surface area (Å²) in [6, 6.07) is 19.9. The second kappa shape index (κ2) is 9.69. The third kappa shape index (κ3) is 5.23. The number of halogens is 3. The zero-order chi connectivity index (χ0) is 25.3. The van der Waals surface area contributed by atoms with Crippen molar-refractivity contribution in [2.24, 2.45) is 0 Å². The summed E-state index contributed by atoms with van der Waals surface area (Å²) >= 11 is 1.08. The van der Waals surface area contributed by atoms with E-state index in [2.05, 4.69) is 20.6 Å². The number of anilines is 1. The highest BCUT2D eigenvalue weighted by Gasteiger charge is 2.34. The van der Waals surface area contributed by atoms with Gasteiger partial charge in [0.15, 0.2) is 0 Å². The van der Waals surface area contributed by atoms with Gasteiger partial charge in [-0.15, -0.1) is 11.8 Å². The standard InChI is InChI=1S/C26H21F3N4O2S/c27-26(28,29)16-10-11-21-19(13-16)33-25(35)22(36-21)14-23(34)30-20(12-15-6-2-1-3-7-15)24-31-17-8-4-5-9-18(17)32-24/h1-11,13,20,22H,12,14H2,(H,30,34)(H,31,32)(H,33,35). The number of carbonyl (C=O) groups excluding carboxylic acids is 2. The second-order valence-electron chi connectivity index (χ2n) is 8.46. The lowest BCUT2D eigenvalue weighted by molar-refractivity contribution is -0.137. The highest BCUT2D eigenvalue weighted by Crippen LogP contribution is 2.40. The fourth-order valence-corrected chi connectivity index (χ4v) is 5.18. The third-order valence-corrected chi connectivity index (χ3v) is 7.13. The van der Waals surface area contributed by atoms with Crippen LogP contribution in [0, 0.1) is 0 Å². The van der Waals surface area contributed by atoms with Crippen LogP contribution >= 0.6 is 11.8 Å². The van der Waals surface area contributed by atoms with Crippen molar-refractivity contribution in [3.63, 3.8) is 0 Å². The summed E-state index contributed by atoms with van der Waals surface area (Å²) in [6.45, 7) is 0. The van der Waals surface area contributed by atoms with E-state index in [1.165, 1.54) is 6.07 Å². The molecule has 6 nitrogen and oxygen atoms in total.